The zero-order valence-electron chi connectivity index (χ0n) is 8.58. The van der Waals surface area contributed by atoms with Crippen LogP contribution in [0.2, 0.25) is 0 Å². The zero-order valence-corrected chi connectivity index (χ0v) is 9.40. The van der Waals surface area contributed by atoms with E-state index >= 15 is 0 Å². The molecule has 1 aromatic rings. The van der Waals surface area contributed by atoms with Crippen LogP contribution in [-0.4, -0.2) is 35.5 Å². The first kappa shape index (κ1) is 11.6. The minimum atomic E-state index is -4.45. The van der Waals surface area contributed by atoms with E-state index < -0.39 is 12.0 Å². The van der Waals surface area contributed by atoms with E-state index in [1.165, 1.54) is 0 Å². The predicted octanol–water partition coefficient (Wildman–Crippen LogP) is 1.35. The van der Waals surface area contributed by atoms with Crippen molar-refractivity contribution >= 4 is 16.7 Å². The molecule has 0 aliphatic carbocycles. The molecule has 90 valence electrons. The summed E-state index contributed by atoms with van der Waals surface area (Å²) >= 11 is 0.803. The third-order valence-electron chi connectivity index (χ3n) is 2.54. The van der Waals surface area contributed by atoms with Crippen molar-refractivity contribution in [2.24, 2.45) is 0 Å². The van der Waals surface area contributed by atoms with Crippen LogP contribution in [0.5, 0.6) is 0 Å². The molecule has 1 unspecified atom stereocenters. The summed E-state index contributed by atoms with van der Waals surface area (Å²) in [5, 5.41) is 3.45. The lowest BCUT2D eigenvalue weighted by molar-refractivity contribution is -0.144. The quantitative estimate of drug-likeness (QED) is 0.862. The first-order valence-corrected chi connectivity index (χ1v) is 5.61. The summed E-state index contributed by atoms with van der Waals surface area (Å²) in [5.41, 5.74) is 0. The molecular formula is C8H11F3N4S. The fourth-order valence-corrected chi connectivity index (χ4v) is 2.35. The molecule has 1 saturated heterocycles. The summed E-state index contributed by atoms with van der Waals surface area (Å²) in [7, 11) is 1.84. The van der Waals surface area contributed by atoms with Crippen LogP contribution in [0.25, 0.3) is 0 Å². The van der Waals surface area contributed by atoms with Crippen LogP contribution in [0.1, 0.15) is 12.2 Å². The first-order valence-electron chi connectivity index (χ1n) is 4.84. The van der Waals surface area contributed by atoms with Crippen molar-refractivity contribution in [2.45, 2.75) is 18.6 Å². The topological polar surface area (TPSA) is 41.0 Å². The van der Waals surface area contributed by atoms with Gasteiger partial charge in [-0.1, -0.05) is 0 Å². The third kappa shape index (κ3) is 2.27. The van der Waals surface area contributed by atoms with Crippen LogP contribution in [0.15, 0.2) is 0 Å². The summed E-state index contributed by atoms with van der Waals surface area (Å²) in [4.78, 5) is 5.34. The molecule has 0 radical (unpaired) electrons. The highest BCUT2D eigenvalue weighted by atomic mass is 32.1. The number of aromatic nitrogens is 2. The Bertz CT molecular complexity index is 364. The smallest absolute Gasteiger partial charge is 0.345 e. The highest BCUT2D eigenvalue weighted by molar-refractivity contribution is 7.09. The number of halogens is 3. The summed E-state index contributed by atoms with van der Waals surface area (Å²) < 4.78 is 40.2. The average molecular weight is 252 g/mol. The molecule has 2 heterocycles. The number of hydrogen-bond donors (Lipinski definition) is 1. The molecule has 8 heteroatoms. The Morgan fingerprint density at radius 1 is 1.50 bits per heavy atom. The second-order valence-electron chi connectivity index (χ2n) is 3.62. The SMILES string of the molecule is CNC1CCN(c2nc(C(F)(F)F)ns2)C1. The van der Waals surface area contributed by atoms with Crippen LogP contribution in [0.4, 0.5) is 18.3 Å². The maximum absolute atomic E-state index is 12.3. The Labute approximate surface area is 94.6 Å². The number of rotatable bonds is 2. The molecule has 1 fully saturated rings. The fourth-order valence-electron chi connectivity index (χ4n) is 1.63. The number of anilines is 1. The van der Waals surface area contributed by atoms with Gasteiger partial charge in [0.05, 0.1) is 0 Å². The number of hydrogen-bond acceptors (Lipinski definition) is 5. The van der Waals surface area contributed by atoms with Crippen molar-refractivity contribution in [2.75, 3.05) is 25.0 Å². The normalized spacial score (nSPS) is 21.8. The Morgan fingerprint density at radius 3 is 2.75 bits per heavy atom. The molecule has 16 heavy (non-hydrogen) atoms. The van der Waals surface area contributed by atoms with Crippen LogP contribution < -0.4 is 10.2 Å². The van der Waals surface area contributed by atoms with Gasteiger partial charge in [0.25, 0.3) is 0 Å². The molecule has 1 aromatic heterocycles. The van der Waals surface area contributed by atoms with Crippen molar-refractivity contribution in [1.29, 1.82) is 0 Å². The standard InChI is InChI=1S/C8H11F3N4S/c1-12-5-2-3-15(4-5)7-13-6(14-16-7)8(9,10)11/h5,12H,2-4H2,1H3. The van der Waals surface area contributed by atoms with Gasteiger partial charge in [-0.15, -0.1) is 0 Å². The van der Waals surface area contributed by atoms with E-state index in [4.69, 9.17) is 0 Å². The Hall–Kier alpha value is -0.890. The number of nitrogens with zero attached hydrogens (tertiary/aromatic N) is 3. The second kappa shape index (κ2) is 4.17. The highest BCUT2D eigenvalue weighted by Crippen LogP contribution is 2.31. The largest absolute Gasteiger partial charge is 0.452 e. The van der Waals surface area contributed by atoms with E-state index in [-0.39, 0.29) is 0 Å². The Morgan fingerprint density at radius 2 is 2.25 bits per heavy atom. The minimum Gasteiger partial charge on any atom is -0.345 e. The molecule has 1 aliphatic rings. The van der Waals surface area contributed by atoms with Gasteiger partial charge in [0.15, 0.2) is 0 Å². The van der Waals surface area contributed by atoms with Crippen molar-refractivity contribution in [1.82, 2.24) is 14.7 Å². The van der Waals surface area contributed by atoms with E-state index in [0.717, 1.165) is 24.5 Å². The molecule has 0 bridgehead atoms. The molecule has 1 atom stereocenters. The molecule has 1 N–H and O–H groups in total. The third-order valence-corrected chi connectivity index (χ3v) is 3.31. The van der Waals surface area contributed by atoms with E-state index in [9.17, 15) is 13.2 Å². The lowest BCUT2D eigenvalue weighted by atomic mass is 10.3. The van der Waals surface area contributed by atoms with Crippen LogP contribution in [0, 0.1) is 0 Å². The molecule has 1 aliphatic heterocycles. The van der Waals surface area contributed by atoms with Crippen LogP contribution in [0.3, 0.4) is 0 Å². The fraction of sp³-hybridized carbons (Fsp3) is 0.750. The molecule has 2 rings (SSSR count). The molecule has 4 nitrogen and oxygen atoms in total. The molecule has 0 saturated carbocycles. The number of nitrogens with one attached hydrogen (secondary N) is 1. The van der Waals surface area contributed by atoms with Crippen molar-refractivity contribution in [3.8, 4) is 0 Å². The molecule has 0 spiro atoms. The zero-order chi connectivity index (χ0) is 11.8. The monoisotopic (exact) mass is 252 g/mol. The van der Waals surface area contributed by atoms with Gasteiger partial charge in [-0.05, 0) is 13.5 Å². The molecular weight excluding hydrogens is 241 g/mol. The maximum atomic E-state index is 12.3. The van der Waals surface area contributed by atoms with Gasteiger partial charge in [-0.25, -0.2) is 0 Å². The summed E-state index contributed by atoms with van der Waals surface area (Å²) in [6.07, 6.45) is -3.53. The van der Waals surface area contributed by atoms with Crippen LogP contribution >= 0.6 is 11.5 Å². The molecule has 0 aromatic carbocycles. The summed E-state index contributed by atoms with van der Waals surface area (Å²) in [6.45, 7) is 1.40. The van der Waals surface area contributed by atoms with Crippen molar-refractivity contribution in [3.05, 3.63) is 5.82 Å². The number of likely N-dealkylation sites (N-methyl/N-ethyl adjacent to an activating group) is 1. The average Bonchev–Trinajstić information content (AvgIpc) is 2.85. The lowest BCUT2D eigenvalue weighted by Gasteiger charge is -2.13. The van der Waals surface area contributed by atoms with E-state index in [1.807, 2.05) is 11.9 Å². The minimum absolute atomic E-state index is 0.318. The predicted molar refractivity (Wildman–Crippen MR) is 54.6 cm³/mol. The van der Waals surface area contributed by atoms with E-state index in [2.05, 4.69) is 14.7 Å². The summed E-state index contributed by atoms with van der Waals surface area (Å²) in [5.74, 6) is -1.04. The van der Waals surface area contributed by atoms with Gasteiger partial charge in [-0.2, -0.15) is 22.5 Å². The first-order chi connectivity index (χ1) is 7.50. The number of alkyl halides is 3. The van der Waals surface area contributed by atoms with Gasteiger partial charge in [-0.3, -0.25) is 0 Å². The maximum Gasteiger partial charge on any atom is 0.452 e. The lowest BCUT2D eigenvalue weighted by Crippen LogP contribution is -2.29. The van der Waals surface area contributed by atoms with E-state index in [0.29, 0.717) is 17.7 Å². The van der Waals surface area contributed by atoms with Gasteiger partial charge in [0, 0.05) is 30.7 Å². The van der Waals surface area contributed by atoms with Gasteiger partial charge in [0.2, 0.25) is 11.0 Å². The van der Waals surface area contributed by atoms with Crippen molar-refractivity contribution < 1.29 is 13.2 Å². The van der Waals surface area contributed by atoms with Crippen molar-refractivity contribution in [3.63, 3.8) is 0 Å². The summed E-state index contributed by atoms with van der Waals surface area (Å²) in [6, 6.07) is 0.318. The molecule has 0 amide bonds. The highest BCUT2D eigenvalue weighted by Gasteiger charge is 2.37. The Balaban J connectivity index is 2.08. The van der Waals surface area contributed by atoms with Gasteiger partial charge in [0.1, 0.15) is 0 Å². The van der Waals surface area contributed by atoms with Crippen LogP contribution in [-0.2, 0) is 6.18 Å². The Kier molecular flexibility index (Phi) is 3.02. The second-order valence-corrected chi connectivity index (χ2v) is 4.35. The van der Waals surface area contributed by atoms with E-state index in [1.54, 1.807) is 0 Å². The van der Waals surface area contributed by atoms with Gasteiger partial charge < -0.3 is 10.2 Å². The van der Waals surface area contributed by atoms with Gasteiger partial charge >= 0.3 is 6.18 Å².